The van der Waals surface area contributed by atoms with Crippen molar-refractivity contribution in [2.75, 3.05) is 39.6 Å². The van der Waals surface area contributed by atoms with Crippen molar-refractivity contribution in [2.24, 2.45) is 5.92 Å². The monoisotopic (exact) mass is 425 g/mol. The smallest absolute Gasteiger partial charge is 0.338 e. The molecule has 2 aromatic carbocycles. The van der Waals surface area contributed by atoms with E-state index in [1.807, 2.05) is 30.3 Å². The molecule has 4 rings (SSSR count). The van der Waals surface area contributed by atoms with E-state index in [-0.39, 0.29) is 12.0 Å². The highest BCUT2D eigenvalue weighted by Gasteiger charge is 2.38. The van der Waals surface area contributed by atoms with E-state index in [9.17, 15) is 4.79 Å². The van der Waals surface area contributed by atoms with Crippen LogP contribution in [0.4, 0.5) is 5.69 Å². The van der Waals surface area contributed by atoms with Crippen molar-refractivity contribution >= 4 is 23.3 Å². The zero-order valence-electron chi connectivity index (χ0n) is 17.9. The minimum Gasteiger partial charge on any atom is -0.462 e. The lowest BCUT2D eigenvalue weighted by Crippen LogP contribution is -2.35. The normalized spacial score (nSPS) is 22.2. The van der Waals surface area contributed by atoms with Crippen molar-refractivity contribution in [1.82, 2.24) is 0 Å². The molecule has 0 bridgehead atoms. The fourth-order valence-corrected chi connectivity index (χ4v) is 4.63. The summed E-state index contributed by atoms with van der Waals surface area (Å²) >= 11 is 6.08. The number of quaternary nitrogens is 1. The molecule has 2 aliphatic rings. The van der Waals surface area contributed by atoms with Gasteiger partial charge in [0.25, 0.3) is 0 Å². The first-order chi connectivity index (χ1) is 14.3. The Kier molecular flexibility index (Phi) is 5.90. The first-order valence-electron chi connectivity index (χ1n) is 10.6. The van der Waals surface area contributed by atoms with E-state index in [0.29, 0.717) is 24.0 Å². The third-order valence-corrected chi connectivity index (χ3v) is 6.29. The molecule has 3 atom stereocenters. The molecular formula is C25H30ClN2O2+. The van der Waals surface area contributed by atoms with Crippen LogP contribution in [0, 0.1) is 5.92 Å². The molecule has 1 heterocycles. The van der Waals surface area contributed by atoms with Crippen LogP contribution in [-0.2, 0) is 4.74 Å². The summed E-state index contributed by atoms with van der Waals surface area (Å²) in [6.07, 6.45) is 6.41. The van der Waals surface area contributed by atoms with E-state index in [4.69, 9.17) is 16.3 Å². The van der Waals surface area contributed by atoms with E-state index in [1.165, 1.54) is 11.1 Å². The Bertz CT molecular complexity index is 947. The first kappa shape index (κ1) is 21.0. The van der Waals surface area contributed by atoms with Gasteiger partial charge in [-0.05, 0) is 53.8 Å². The van der Waals surface area contributed by atoms with Gasteiger partial charge < -0.3 is 14.5 Å². The predicted molar refractivity (Wildman–Crippen MR) is 122 cm³/mol. The van der Waals surface area contributed by atoms with Gasteiger partial charge in [-0.3, -0.25) is 0 Å². The molecule has 0 spiro atoms. The van der Waals surface area contributed by atoms with Crippen LogP contribution in [0.2, 0.25) is 5.02 Å². The van der Waals surface area contributed by atoms with Gasteiger partial charge >= 0.3 is 5.97 Å². The van der Waals surface area contributed by atoms with E-state index >= 15 is 0 Å². The number of esters is 1. The van der Waals surface area contributed by atoms with Gasteiger partial charge in [-0.15, -0.1) is 0 Å². The Labute approximate surface area is 184 Å². The van der Waals surface area contributed by atoms with Crippen molar-refractivity contribution < 1.29 is 14.0 Å². The summed E-state index contributed by atoms with van der Waals surface area (Å²) in [5.74, 6) is 0.486. The van der Waals surface area contributed by atoms with Gasteiger partial charge in [-0.2, -0.15) is 0 Å². The minimum absolute atomic E-state index is 0.225. The van der Waals surface area contributed by atoms with E-state index < -0.39 is 0 Å². The highest BCUT2D eigenvalue weighted by Crippen LogP contribution is 2.50. The van der Waals surface area contributed by atoms with Crippen molar-refractivity contribution in [3.05, 3.63) is 76.3 Å². The van der Waals surface area contributed by atoms with E-state index in [1.54, 1.807) is 0 Å². The second kappa shape index (κ2) is 8.44. The number of ether oxygens (including phenoxy) is 1. The first-order valence-corrected chi connectivity index (χ1v) is 11.0. The maximum absolute atomic E-state index is 12.6. The molecule has 0 aromatic heterocycles. The number of carbonyl (C=O) groups excluding carboxylic acids is 1. The van der Waals surface area contributed by atoms with Crippen LogP contribution in [0.5, 0.6) is 0 Å². The van der Waals surface area contributed by atoms with Gasteiger partial charge in [0.2, 0.25) is 0 Å². The maximum atomic E-state index is 12.6. The van der Waals surface area contributed by atoms with Crippen molar-refractivity contribution in [1.29, 1.82) is 0 Å². The molecule has 158 valence electrons. The zero-order valence-corrected chi connectivity index (χ0v) is 18.7. The number of benzene rings is 2. The average Bonchev–Trinajstić information content (AvgIpc) is 3.20. The molecule has 0 fully saturated rings. The number of carbonyl (C=O) groups is 1. The Morgan fingerprint density at radius 3 is 2.67 bits per heavy atom. The molecule has 3 unspecified atom stereocenters. The molecule has 1 aliphatic heterocycles. The molecule has 0 saturated carbocycles. The Morgan fingerprint density at radius 2 is 1.93 bits per heavy atom. The van der Waals surface area contributed by atoms with Crippen molar-refractivity contribution in [3.63, 3.8) is 0 Å². The number of fused-ring (bicyclic) bond motifs is 3. The summed E-state index contributed by atoms with van der Waals surface area (Å²) in [4.78, 5) is 12.6. The highest BCUT2D eigenvalue weighted by atomic mass is 35.5. The highest BCUT2D eigenvalue weighted by molar-refractivity contribution is 6.30. The van der Waals surface area contributed by atoms with Crippen molar-refractivity contribution in [3.8, 4) is 0 Å². The number of nitrogens with zero attached hydrogens (tertiary/aromatic N) is 1. The summed E-state index contributed by atoms with van der Waals surface area (Å²) in [5.41, 5.74) is 4.14. The van der Waals surface area contributed by atoms with Crippen LogP contribution < -0.4 is 5.32 Å². The number of anilines is 1. The Balaban J connectivity index is 1.50. The number of rotatable bonds is 6. The average molecular weight is 426 g/mol. The molecule has 1 aliphatic carbocycles. The standard InChI is InChI=1S/C25H29ClN2O2/c1-28(2,3)14-5-15-30-25(29)18-10-13-23-22(16-18)20-6-4-7-21(20)24(27-23)17-8-11-19(26)12-9-17/h4,6,8-13,16,20-21,24H,5,7,14-15H2,1-3H3/p+1. The van der Waals surface area contributed by atoms with Crippen LogP contribution in [0.15, 0.2) is 54.6 Å². The van der Waals surface area contributed by atoms with E-state index in [0.717, 1.165) is 34.6 Å². The van der Waals surface area contributed by atoms with Crippen LogP contribution in [0.3, 0.4) is 0 Å². The summed E-state index contributed by atoms with van der Waals surface area (Å²) in [6, 6.07) is 14.2. The fourth-order valence-electron chi connectivity index (χ4n) is 4.51. The molecule has 4 nitrogen and oxygen atoms in total. The second-order valence-electron chi connectivity index (χ2n) is 9.33. The Morgan fingerprint density at radius 1 is 1.17 bits per heavy atom. The summed E-state index contributed by atoms with van der Waals surface area (Å²) in [6.45, 7) is 1.43. The molecular weight excluding hydrogens is 396 g/mol. The van der Waals surface area contributed by atoms with Crippen LogP contribution in [0.1, 0.15) is 46.3 Å². The number of nitrogens with one attached hydrogen (secondary N) is 1. The van der Waals surface area contributed by atoms with E-state index in [2.05, 4.69) is 50.7 Å². The lowest BCUT2D eigenvalue weighted by Gasteiger charge is -2.37. The van der Waals surface area contributed by atoms with Gasteiger partial charge in [-0.25, -0.2) is 4.79 Å². The third-order valence-electron chi connectivity index (χ3n) is 6.03. The van der Waals surface area contributed by atoms with Gasteiger partial charge in [0, 0.05) is 23.0 Å². The number of hydrogen-bond acceptors (Lipinski definition) is 3. The number of hydrogen-bond donors (Lipinski definition) is 1. The number of halogens is 1. The molecule has 1 N–H and O–H groups in total. The maximum Gasteiger partial charge on any atom is 0.338 e. The molecule has 0 saturated heterocycles. The topological polar surface area (TPSA) is 38.3 Å². The van der Waals surface area contributed by atoms with Gasteiger partial charge in [0.05, 0.1) is 45.9 Å². The summed E-state index contributed by atoms with van der Waals surface area (Å²) in [5, 5.41) is 4.45. The summed E-state index contributed by atoms with van der Waals surface area (Å²) in [7, 11) is 6.42. The summed E-state index contributed by atoms with van der Waals surface area (Å²) < 4.78 is 6.39. The molecule has 2 aromatic rings. The second-order valence-corrected chi connectivity index (χ2v) is 9.77. The third kappa shape index (κ3) is 4.55. The lowest BCUT2D eigenvalue weighted by atomic mass is 9.76. The Hall–Kier alpha value is -2.30. The number of allylic oxidation sites excluding steroid dienone is 2. The predicted octanol–water partition coefficient (Wildman–Crippen LogP) is 5.42. The lowest BCUT2D eigenvalue weighted by molar-refractivity contribution is -0.870. The molecule has 0 radical (unpaired) electrons. The molecule has 0 amide bonds. The fraction of sp³-hybridized carbons (Fsp3) is 0.400. The van der Waals surface area contributed by atoms with Crippen LogP contribution >= 0.6 is 11.6 Å². The quantitative estimate of drug-likeness (QED) is 0.290. The van der Waals surface area contributed by atoms with Crippen LogP contribution in [0.25, 0.3) is 0 Å². The van der Waals surface area contributed by atoms with Crippen molar-refractivity contribution in [2.45, 2.75) is 24.8 Å². The molecule has 30 heavy (non-hydrogen) atoms. The van der Waals surface area contributed by atoms with Crippen LogP contribution in [-0.4, -0.2) is 44.7 Å². The van der Waals surface area contributed by atoms with Gasteiger partial charge in [0.1, 0.15) is 0 Å². The largest absolute Gasteiger partial charge is 0.462 e. The molecule has 5 heteroatoms. The zero-order chi connectivity index (χ0) is 21.3. The SMILES string of the molecule is C[N+](C)(C)CCCOC(=O)c1ccc2c(c1)C1C=CCC1C(c1ccc(Cl)cc1)N2. The van der Waals surface area contributed by atoms with Gasteiger partial charge in [0.15, 0.2) is 0 Å². The van der Waals surface area contributed by atoms with Gasteiger partial charge in [-0.1, -0.05) is 35.9 Å². The minimum atomic E-state index is -0.238.